The van der Waals surface area contributed by atoms with E-state index in [0.29, 0.717) is 28.7 Å². The van der Waals surface area contributed by atoms with Crippen LogP contribution in [0.5, 0.6) is 11.5 Å². The zero-order chi connectivity index (χ0) is 24.7. The van der Waals surface area contributed by atoms with Crippen molar-refractivity contribution in [3.05, 3.63) is 34.1 Å². The molecule has 10 nitrogen and oxygen atoms in total. The van der Waals surface area contributed by atoms with Crippen LogP contribution in [0.4, 0.5) is 0 Å². The summed E-state index contributed by atoms with van der Waals surface area (Å²) in [6.07, 6.45) is 1.00. The van der Waals surface area contributed by atoms with E-state index in [9.17, 15) is 4.79 Å². The summed E-state index contributed by atoms with van der Waals surface area (Å²) < 4.78 is 21.9. The van der Waals surface area contributed by atoms with Gasteiger partial charge >= 0.3 is 0 Å². The van der Waals surface area contributed by atoms with E-state index in [-0.39, 0.29) is 12.4 Å². The molecule has 2 N–H and O–H groups in total. The van der Waals surface area contributed by atoms with Crippen LogP contribution in [-0.2, 0) is 16.0 Å². The Labute approximate surface area is 216 Å². The monoisotopic (exact) mass is 517 g/mol. The number of benzene rings is 1. The minimum atomic E-state index is -0.118. The van der Waals surface area contributed by atoms with Crippen LogP contribution in [0.2, 0.25) is 0 Å². The van der Waals surface area contributed by atoms with Gasteiger partial charge in [-0.05, 0) is 37.3 Å². The van der Waals surface area contributed by atoms with Crippen LogP contribution in [0.3, 0.4) is 0 Å². The van der Waals surface area contributed by atoms with Gasteiger partial charge in [0.15, 0.2) is 16.6 Å². The standard InChI is InChI=1S/C25H35N5O5S/c31-24-20(14-19-15-22-23(35-18-34-22)16-21(19)27-24)17-30(5-4-29-8-12-33-13-9-29)25(36)26-2-1-3-28-6-10-32-11-7-28/h14-16H,1-13,17-18H2,(H,26,36)(H,27,31). The molecule has 0 bridgehead atoms. The number of morpholine rings is 2. The first-order chi connectivity index (χ1) is 17.7. The van der Waals surface area contributed by atoms with Crippen molar-refractivity contribution in [1.29, 1.82) is 0 Å². The fourth-order valence-corrected chi connectivity index (χ4v) is 5.00. The molecular formula is C25H35N5O5S. The molecule has 196 valence electrons. The summed E-state index contributed by atoms with van der Waals surface area (Å²) in [6, 6.07) is 5.66. The van der Waals surface area contributed by atoms with Crippen LogP contribution in [0, 0.1) is 0 Å². The number of hydrogen-bond acceptors (Lipinski definition) is 8. The number of ether oxygens (including phenoxy) is 4. The van der Waals surface area contributed by atoms with E-state index in [2.05, 4.69) is 25.0 Å². The number of pyridine rings is 1. The third kappa shape index (κ3) is 6.46. The quantitative estimate of drug-likeness (QED) is 0.371. The minimum Gasteiger partial charge on any atom is -0.454 e. The van der Waals surface area contributed by atoms with E-state index in [1.807, 2.05) is 18.2 Å². The molecule has 1 aromatic heterocycles. The van der Waals surface area contributed by atoms with Gasteiger partial charge in [0.25, 0.3) is 5.56 Å². The summed E-state index contributed by atoms with van der Waals surface area (Å²) >= 11 is 5.80. The van der Waals surface area contributed by atoms with Gasteiger partial charge in [0.2, 0.25) is 6.79 Å². The van der Waals surface area contributed by atoms with Crippen molar-refractivity contribution >= 4 is 28.2 Å². The second kappa shape index (κ2) is 12.2. The van der Waals surface area contributed by atoms with Gasteiger partial charge in [0, 0.05) is 62.8 Å². The maximum atomic E-state index is 13.0. The van der Waals surface area contributed by atoms with Gasteiger partial charge in [-0.1, -0.05) is 0 Å². The SMILES string of the molecule is O=c1[nH]c2cc3c(cc2cc1CN(CCN1CCOCC1)C(=S)NCCCN1CCOCC1)OCO3. The first-order valence-electron chi connectivity index (χ1n) is 12.7. The molecule has 0 radical (unpaired) electrons. The molecule has 2 fully saturated rings. The molecule has 3 aliphatic rings. The lowest BCUT2D eigenvalue weighted by Crippen LogP contribution is -2.46. The molecule has 0 unspecified atom stereocenters. The lowest BCUT2D eigenvalue weighted by atomic mass is 10.1. The largest absolute Gasteiger partial charge is 0.454 e. The number of H-pyrrole nitrogens is 1. The lowest BCUT2D eigenvalue weighted by Gasteiger charge is -2.31. The molecule has 4 heterocycles. The Balaban J connectivity index is 1.24. The van der Waals surface area contributed by atoms with Crippen LogP contribution in [0.15, 0.2) is 23.0 Å². The summed E-state index contributed by atoms with van der Waals surface area (Å²) in [7, 11) is 0. The molecule has 2 aromatic rings. The summed E-state index contributed by atoms with van der Waals surface area (Å²) in [5.41, 5.74) is 1.28. The summed E-state index contributed by atoms with van der Waals surface area (Å²) in [5.74, 6) is 1.35. The molecule has 2 saturated heterocycles. The third-order valence-corrected chi connectivity index (χ3v) is 7.29. The van der Waals surface area contributed by atoms with Crippen molar-refractivity contribution in [2.24, 2.45) is 0 Å². The van der Waals surface area contributed by atoms with Crippen molar-refractivity contribution in [3.63, 3.8) is 0 Å². The van der Waals surface area contributed by atoms with Crippen molar-refractivity contribution in [2.45, 2.75) is 13.0 Å². The van der Waals surface area contributed by atoms with Gasteiger partial charge in [0.05, 0.1) is 38.5 Å². The highest BCUT2D eigenvalue weighted by Gasteiger charge is 2.19. The Morgan fingerprint density at radius 3 is 2.36 bits per heavy atom. The fourth-order valence-electron chi connectivity index (χ4n) is 4.74. The average Bonchev–Trinajstić information content (AvgIpc) is 3.36. The molecule has 3 aliphatic heterocycles. The van der Waals surface area contributed by atoms with Gasteiger partial charge in [-0.15, -0.1) is 0 Å². The third-order valence-electron chi connectivity index (χ3n) is 6.88. The topological polar surface area (TPSA) is 91.5 Å². The Morgan fingerprint density at radius 2 is 1.64 bits per heavy atom. The zero-order valence-electron chi connectivity index (χ0n) is 20.6. The van der Waals surface area contributed by atoms with Crippen LogP contribution < -0.4 is 20.3 Å². The van der Waals surface area contributed by atoms with Crippen molar-refractivity contribution in [2.75, 3.05) is 85.6 Å². The first kappa shape index (κ1) is 25.2. The molecule has 0 spiro atoms. The molecular weight excluding hydrogens is 482 g/mol. The molecule has 0 saturated carbocycles. The summed E-state index contributed by atoms with van der Waals surface area (Å²) in [4.78, 5) is 22.9. The summed E-state index contributed by atoms with van der Waals surface area (Å²) in [5, 5.41) is 5.01. The lowest BCUT2D eigenvalue weighted by molar-refractivity contribution is 0.0356. The Bertz CT molecular complexity index is 1100. The predicted octanol–water partition coefficient (Wildman–Crippen LogP) is 0.988. The Morgan fingerprint density at radius 1 is 0.972 bits per heavy atom. The average molecular weight is 518 g/mol. The molecule has 11 heteroatoms. The van der Waals surface area contributed by atoms with Gasteiger partial charge in [0.1, 0.15) is 0 Å². The van der Waals surface area contributed by atoms with Crippen LogP contribution in [0.25, 0.3) is 10.9 Å². The number of nitrogens with one attached hydrogen (secondary N) is 2. The van der Waals surface area contributed by atoms with E-state index < -0.39 is 0 Å². The van der Waals surface area contributed by atoms with Crippen LogP contribution in [0.1, 0.15) is 12.0 Å². The van der Waals surface area contributed by atoms with E-state index in [4.69, 9.17) is 31.2 Å². The predicted molar refractivity (Wildman–Crippen MR) is 141 cm³/mol. The molecule has 0 amide bonds. The highest BCUT2D eigenvalue weighted by atomic mass is 32.1. The normalized spacial score (nSPS) is 18.4. The van der Waals surface area contributed by atoms with Gasteiger partial charge in [-0.3, -0.25) is 14.6 Å². The highest BCUT2D eigenvalue weighted by molar-refractivity contribution is 7.80. The van der Waals surface area contributed by atoms with Crippen molar-refractivity contribution in [1.82, 2.24) is 25.0 Å². The molecule has 0 aliphatic carbocycles. The first-order valence-corrected chi connectivity index (χ1v) is 13.1. The number of rotatable bonds is 9. The fraction of sp³-hybridized carbons (Fsp3) is 0.600. The second-order valence-corrected chi connectivity index (χ2v) is 9.72. The summed E-state index contributed by atoms with van der Waals surface area (Å²) in [6.45, 7) is 11.0. The zero-order valence-corrected chi connectivity index (χ0v) is 21.4. The molecule has 36 heavy (non-hydrogen) atoms. The van der Waals surface area contributed by atoms with Gasteiger partial charge < -0.3 is 34.1 Å². The van der Waals surface area contributed by atoms with Crippen LogP contribution >= 0.6 is 12.2 Å². The number of thiocarbonyl (C=S) groups is 1. The smallest absolute Gasteiger partial charge is 0.253 e. The van der Waals surface area contributed by atoms with Crippen molar-refractivity contribution in [3.8, 4) is 11.5 Å². The maximum Gasteiger partial charge on any atom is 0.253 e. The Hall–Kier alpha value is -2.44. The van der Waals surface area contributed by atoms with Crippen LogP contribution in [-0.4, -0.2) is 110 Å². The van der Waals surface area contributed by atoms with Gasteiger partial charge in [-0.25, -0.2) is 0 Å². The highest BCUT2D eigenvalue weighted by Crippen LogP contribution is 2.35. The minimum absolute atomic E-state index is 0.118. The number of nitrogens with zero attached hydrogens (tertiary/aromatic N) is 3. The Kier molecular flexibility index (Phi) is 8.55. The van der Waals surface area contributed by atoms with E-state index in [1.165, 1.54) is 0 Å². The van der Waals surface area contributed by atoms with Gasteiger partial charge in [-0.2, -0.15) is 0 Å². The number of fused-ring (bicyclic) bond motifs is 2. The van der Waals surface area contributed by atoms with E-state index in [0.717, 1.165) is 96.1 Å². The number of hydrogen-bond donors (Lipinski definition) is 2. The maximum absolute atomic E-state index is 13.0. The second-order valence-electron chi connectivity index (χ2n) is 9.33. The van der Waals surface area contributed by atoms with E-state index in [1.54, 1.807) is 0 Å². The molecule has 0 atom stereocenters. The van der Waals surface area contributed by atoms with E-state index >= 15 is 0 Å². The number of aromatic nitrogens is 1. The molecule has 1 aromatic carbocycles. The van der Waals surface area contributed by atoms with Crippen molar-refractivity contribution < 1.29 is 18.9 Å². The number of aromatic amines is 1. The molecule has 5 rings (SSSR count).